The van der Waals surface area contributed by atoms with E-state index >= 15 is 0 Å². The number of benzene rings is 1. The van der Waals surface area contributed by atoms with E-state index in [-0.39, 0.29) is 0 Å². The summed E-state index contributed by atoms with van der Waals surface area (Å²) < 4.78 is 5.33. The van der Waals surface area contributed by atoms with Gasteiger partial charge in [-0.15, -0.1) is 0 Å². The summed E-state index contributed by atoms with van der Waals surface area (Å²) in [5.74, 6) is 1.08. The molecule has 0 aliphatic carbocycles. The third-order valence-electron chi connectivity index (χ3n) is 2.32. The predicted molar refractivity (Wildman–Crippen MR) is 72.5 cm³/mol. The molecule has 1 aromatic heterocycles. The largest absolute Gasteiger partial charge is 0.478 e. The summed E-state index contributed by atoms with van der Waals surface area (Å²) >= 11 is 12.0. The van der Waals surface area contributed by atoms with Crippen LogP contribution in [0.1, 0.15) is 18.3 Å². The normalized spacial score (nSPS) is 10.4. The number of aromatic nitrogens is 2. The highest BCUT2D eigenvalue weighted by molar-refractivity contribution is 6.31. The summed E-state index contributed by atoms with van der Waals surface area (Å²) in [6, 6.07) is 9.19. The molecule has 0 fully saturated rings. The second-order valence-corrected chi connectivity index (χ2v) is 4.44. The number of rotatable bonds is 4. The van der Waals surface area contributed by atoms with Gasteiger partial charge < -0.3 is 4.74 Å². The molecule has 0 bridgehead atoms. The summed E-state index contributed by atoms with van der Waals surface area (Å²) in [6.07, 6.45) is 0.528. The van der Waals surface area contributed by atoms with Crippen molar-refractivity contribution in [2.75, 3.05) is 6.61 Å². The molecule has 2 aromatic rings. The van der Waals surface area contributed by atoms with Crippen LogP contribution < -0.4 is 4.74 Å². The highest BCUT2D eigenvalue weighted by atomic mass is 35.5. The van der Waals surface area contributed by atoms with Crippen LogP contribution in [-0.2, 0) is 6.42 Å². The van der Waals surface area contributed by atoms with E-state index in [0.29, 0.717) is 34.9 Å². The first-order valence-electron chi connectivity index (χ1n) is 5.58. The van der Waals surface area contributed by atoms with Crippen LogP contribution >= 0.6 is 23.2 Å². The molecule has 0 unspecified atom stereocenters. The van der Waals surface area contributed by atoms with Crippen molar-refractivity contribution in [3.63, 3.8) is 0 Å². The third-order valence-corrected chi connectivity index (χ3v) is 2.88. The number of ether oxygens (including phenoxy) is 1. The lowest BCUT2D eigenvalue weighted by molar-refractivity contribution is 0.325. The van der Waals surface area contributed by atoms with Crippen LogP contribution in [-0.4, -0.2) is 16.6 Å². The van der Waals surface area contributed by atoms with Crippen LogP contribution in [0.3, 0.4) is 0 Å². The number of hydrogen-bond donors (Lipinski definition) is 0. The van der Waals surface area contributed by atoms with Gasteiger partial charge in [0.1, 0.15) is 11.0 Å². The minimum Gasteiger partial charge on any atom is -0.478 e. The van der Waals surface area contributed by atoms with E-state index < -0.39 is 0 Å². The minimum atomic E-state index is 0.371. The highest BCUT2D eigenvalue weighted by Gasteiger charge is 2.07. The number of nitrogens with zero attached hydrogens (tertiary/aromatic N) is 2. The summed E-state index contributed by atoms with van der Waals surface area (Å²) in [6.45, 7) is 2.43. The van der Waals surface area contributed by atoms with Crippen LogP contribution in [0.2, 0.25) is 10.2 Å². The van der Waals surface area contributed by atoms with Crippen molar-refractivity contribution in [1.29, 1.82) is 0 Å². The molecule has 1 aromatic carbocycles. The van der Waals surface area contributed by atoms with Gasteiger partial charge >= 0.3 is 0 Å². The molecule has 0 spiro atoms. The third kappa shape index (κ3) is 3.34. The molecular formula is C13H12Cl2N2O. The fourth-order valence-corrected chi connectivity index (χ4v) is 1.95. The van der Waals surface area contributed by atoms with Gasteiger partial charge in [0.25, 0.3) is 0 Å². The Morgan fingerprint density at radius 2 is 1.94 bits per heavy atom. The molecule has 2 rings (SSSR count). The Labute approximate surface area is 116 Å². The molecular weight excluding hydrogens is 271 g/mol. The second-order valence-electron chi connectivity index (χ2n) is 3.65. The monoisotopic (exact) mass is 282 g/mol. The maximum Gasteiger partial charge on any atom is 0.218 e. The van der Waals surface area contributed by atoms with Gasteiger partial charge in [-0.2, -0.15) is 4.98 Å². The maximum absolute atomic E-state index is 6.10. The van der Waals surface area contributed by atoms with Crippen LogP contribution in [0, 0.1) is 0 Å². The Balaban J connectivity index is 2.26. The maximum atomic E-state index is 6.10. The van der Waals surface area contributed by atoms with Gasteiger partial charge in [-0.05, 0) is 18.6 Å². The fourth-order valence-electron chi connectivity index (χ4n) is 1.55. The van der Waals surface area contributed by atoms with E-state index in [1.54, 1.807) is 6.07 Å². The summed E-state index contributed by atoms with van der Waals surface area (Å²) in [5, 5.41) is 1.06. The molecule has 18 heavy (non-hydrogen) atoms. The van der Waals surface area contributed by atoms with E-state index in [0.717, 1.165) is 5.56 Å². The van der Waals surface area contributed by atoms with Crippen molar-refractivity contribution >= 4 is 23.2 Å². The molecule has 0 saturated carbocycles. The average Bonchev–Trinajstić information content (AvgIpc) is 2.32. The van der Waals surface area contributed by atoms with E-state index in [9.17, 15) is 0 Å². The molecule has 94 valence electrons. The molecule has 0 saturated heterocycles. The van der Waals surface area contributed by atoms with Gasteiger partial charge in [0.2, 0.25) is 5.88 Å². The van der Waals surface area contributed by atoms with E-state index in [1.165, 1.54) is 0 Å². The summed E-state index contributed by atoms with van der Waals surface area (Å²) in [4.78, 5) is 8.45. The first-order chi connectivity index (χ1) is 8.69. The molecule has 5 heteroatoms. The molecule has 0 aliphatic heterocycles. The van der Waals surface area contributed by atoms with Crippen molar-refractivity contribution in [2.45, 2.75) is 13.3 Å². The van der Waals surface area contributed by atoms with Crippen LogP contribution in [0.4, 0.5) is 0 Å². The molecule has 1 heterocycles. The van der Waals surface area contributed by atoms with Crippen molar-refractivity contribution < 1.29 is 4.74 Å². The van der Waals surface area contributed by atoms with Gasteiger partial charge in [-0.3, -0.25) is 0 Å². The Bertz CT molecular complexity index is 546. The molecule has 3 nitrogen and oxygen atoms in total. The Morgan fingerprint density at radius 1 is 1.17 bits per heavy atom. The highest BCUT2D eigenvalue weighted by Crippen LogP contribution is 2.20. The van der Waals surface area contributed by atoms with Gasteiger partial charge in [0, 0.05) is 17.5 Å². The zero-order valence-electron chi connectivity index (χ0n) is 9.86. The van der Waals surface area contributed by atoms with E-state index in [1.807, 2.05) is 31.2 Å². The predicted octanol–water partition coefficient (Wildman–Crippen LogP) is 3.77. The molecule has 0 atom stereocenters. The zero-order valence-corrected chi connectivity index (χ0v) is 11.4. The lowest BCUT2D eigenvalue weighted by Crippen LogP contribution is -2.01. The smallest absolute Gasteiger partial charge is 0.218 e. The van der Waals surface area contributed by atoms with Gasteiger partial charge in [0.05, 0.1) is 6.61 Å². The SMILES string of the molecule is CCOc1cc(Cl)nc(Cc2ccccc2Cl)n1. The standard InChI is InChI=1S/C13H12Cl2N2O/c1-2-18-13-8-11(15)16-12(17-13)7-9-5-3-4-6-10(9)14/h3-6,8H,2,7H2,1H3. The Morgan fingerprint density at radius 3 is 2.67 bits per heavy atom. The quantitative estimate of drug-likeness (QED) is 0.801. The number of hydrogen-bond acceptors (Lipinski definition) is 3. The second kappa shape index (κ2) is 6.03. The first kappa shape index (κ1) is 13.1. The van der Waals surface area contributed by atoms with Crippen molar-refractivity contribution in [1.82, 2.24) is 9.97 Å². The van der Waals surface area contributed by atoms with E-state index in [2.05, 4.69) is 9.97 Å². The van der Waals surface area contributed by atoms with Gasteiger partial charge in [-0.1, -0.05) is 41.4 Å². The van der Waals surface area contributed by atoms with Gasteiger partial charge in [0.15, 0.2) is 0 Å². The molecule has 0 aliphatic rings. The topological polar surface area (TPSA) is 35.0 Å². The minimum absolute atomic E-state index is 0.371. The van der Waals surface area contributed by atoms with Crippen molar-refractivity contribution in [3.05, 3.63) is 51.9 Å². The molecule has 0 amide bonds. The fraction of sp³-hybridized carbons (Fsp3) is 0.231. The van der Waals surface area contributed by atoms with Crippen LogP contribution in [0.5, 0.6) is 5.88 Å². The first-order valence-corrected chi connectivity index (χ1v) is 6.34. The summed E-state index contributed by atoms with van der Waals surface area (Å²) in [7, 11) is 0. The number of halogens is 2. The van der Waals surface area contributed by atoms with Crippen molar-refractivity contribution in [3.8, 4) is 5.88 Å². The van der Waals surface area contributed by atoms with Crippen molar-refractivity contribution in [2.24, 2.45) is 0 Å². The molecule has 0 radical (unpaired) electrons. The Kier molecular flexibility index (Phi) is 4.39. The zero-order chi connectivity index (χ0) is 13.0. The molecule has 0 N–H and O–H groups in total. The lowest BCUT2D eigenvalue weighted by Gasteiger charge is -2.06. The Hall–Kier alpha value is -1.32. The van der Waals surface area contributed by atoms with Gasteiger partial charge in [-0.25, -0.2) is 4.98 Å². The lowest BCUT2D eigenvalue weighted by atomic mass is 10.1. The summed E-state index contributed by atoms with van der Waals surface area (Å²) in [5.41, 5.74) is 0.962. The van der Waals surface area contributed by atoms with Crippen LogP contribution in [0.25, 0.3) is 0 Å². The van der Waals surface area contributed by atoms with E-state index in [4.69, 9.17) is 27.9 Å². The van der Waals surface area contributed by atoms with Crippen LogP contribution in [0.15, 0.2) is 30.3 Å². The average molecular weight is 283 g/mol.